The Kier molecular flexibility index (Phi) is 5.34. The van der Waals surface area contributed by atoms with E-state index in [9.17, 15) is 0 Å². The van der Waals surface area contributed by atoms with Gasteiger partial charge in [-0.25, -0.2) is 0 Å². The van der Waals surface area contributed by atoms with Crippen LogP contribution in [0.25, 0.3) is 0 Å². The molecule has 0 aliphatic heterocycles. The van der Waals surface area contributed by atoms with E-state index < -0.39 is 0 Å². The van der Waals surface area contributed by atoms with Crippen molar-refractivity contribution in [3.63, 3.8) is 0 Å². The summed E-state index contributed by atoms with van der Waals surface area (Å²) in [6, 6.07) is 6.19. The van der Waals surface area contributed by atoms with Crippen LogP contribution in [0.3, 0.4) is 0 Å². The molecule has 1 saturated carbocycles. The normalized spacial score (nSPS) is 26.0. The van der Waals surface area contributed by atoms with Crippen LogP contribution in [0.5, 0.6) is 0 Å². The van der Waals surface area contributed by atoms with E-state index >= 15 is 0 Å². The topological polar surface area (TPSA) is 26.0 Å². The number of benzene rings is 1. The predicted molar refractivity (Wildman–Crippen MR) is 86.8 cm³/mol. The molecule has 1 nitrogen and oxygen atoms in total. The minimum Gasteiger partial charge on any atom is -0.324 e. The van der Waals surface area contributed by atoms with E-state index in [4.69, 9.17) is 17.3 Å². The first-order valence-corrected chi connectivity index (χ1v) is 8.28. The second kappa shape index (κ2) is 6.58. The van der Waals surface area contributed by atoms with Gasteiger partial charge in [0.05, 0.1) is 0 Å². The van der Waals surface area contributed by atoms with Crippen LogP contribution in [-0.2, 0) is 0 Å². The van der Waals surface area contributed by atoms with Crippen molar-refractivity contribution in [3.8, 4) is 0 Å². The van der Waals surface area contributed by atoms with Gasteiger partial charge in [0.1, 0.15) is 0 Å². The van der Waals surface area contributed by atoms with Crippen molar-refractivity contribution < 1.29 is 0 Å². The van der Waals surface area contributed by atoms with Crippen molar-refractivity contribution in [2.24, 2.45) is 17.6 Å². The lowest BCUT2D eigenvalue weighted by molar-refractivity contribution is 0.239. The summed E-state index contributed by atoms with van der Waals surface area (Å²) in [6.07, 6.45) is 6.53. The maximum atomic E-state index is 6.46. The lowest BCUT2D eigenvalue weighted by Gasteiger charge is -2.32. The van der Waals surface area contributed by atoms with E-state index in [1.54, 1.807) is 0 Å². The molecule has 18 heavy (non-hydrogen) atoms. The lowest BCUT2D eigenvalue weighted by Crippen LogP contribution is -2.26. The summed E-state index contributed by atoms with van der Waals surface area (Å²) < 4.78 is 1.24. The van der Waals surface area contributed by atoms with E-state index in [0.717, 1.165) is 10.9 Å². The van der Waals surface area contributed by atoms with E-state index in [1.165, 1.54) is 41.2 Å². The number of hydrogen-bond acceptors (Lipinski definition) is 1. The Labute approximate surface area is 129 Å². The molecule has 1 fully saturated rings. The van der Waals surface area contributed by atoms with Crippen LogP contribution in [0.1, 0.15) is 50.6 Å². The fraction of sp³-hybridized carbons (Fsp3) is 0.600. The molecule has 0 spiro atoms. The Balaban J connectivity index is 2.07. The van der Waals surface area contributed by atoms with Crippen LogP contribution in [-0.4, -0.2) is 0 Å². The lowest BCUT2D eigenvalue weighted by atomic mass is 9.76. The molecule has 0 saturated heterocycles. The van der Waals surface area contributed by atoms with Crippen LogP contribution < -0.4 is 5.73 Å². The minimum absolute atomic E-state index is 0.147. The third-order valence-corrected chi connectivity index (χ3v) is 5.51. The van der Waals surface area contributed by atoms with Crippen LogP contribution in [0.15, 0.2) is 18.2 Å². The van der Waals surface area contributed by atoms with Gasteiger partial charge in [-0.05, 0) is 71.0 Å². The zero-order chi connectivity index (χ0) is 13.1. The smallest absolute Gasteiger partial charge is 0.0410 e. The van der Waals surface area contributed by atoms with Gasteiger partial charge in [-0.2, -0.15) is 0 Å². The fourth-order valence-corrected chi connectivity index (χ4v) is 3.86. The summed E-state index contributed by atoms with van der Waals surface area (Å²) in [5.41, 5.74) is 7.69. The van der Waals surface area contributed by atoms with Gasteiger partial charge in [0, 0.05) is 14.6 Å². The van der Waals surface area contributed by atoms with E-state index in [0.29, 0.717) is 5.92 Å². The van der Waals surface area contributed by atoms with Gasteiger partial charge in [0.15, 0.2) is 0 Å². The number of nitrogens with two attached hydrogens (primary N) is 1. The first-order valence-electron chi connectivity index (χ1n) is 6.82. The van der Waals surface area contributed by atoms with Crippen LogP contribution in [0.4, 0.5) is 0 Å². The molecule has 0 radical (unpaired) electrons. The highest BCUT2D eigenvalue weighted by molar-refractivity contribution is 14.1. The van der Waals surface area contributed by atoms with Crippen molar-refractivity contribution in [3.05, 3.63) is 32.4 Å². The van der Waals surface area contributed by atoms with E-state index in [-0.39, 0.29) is 6.04 Å². The number of halogens is 2. The van der Waals surface area contributed by atoms with Crippen LogP contribution in [0.2, 0.25) is 5.02 Å². The summed E-state index contributed by atoms with van der Waals surface area (Å²) in [6.45, 7) is 2.30. The summed E-state index contributed by atoms with van der Waals surface area (Å²) in [7, 11) is 0. The first-order chi connectivity index (χ1) is 8.61. The monoisotopic (exact) mass is 377 g/mol. The molecule has 0 amide bonds. The summed E-state index contributed by atoms with van der Waals surface area (Å²) in [5, 5.41) is 0.795. The molecule has 1 atom stereocenters. The van der Waals surface area contributed by atoms with Gasteiger partial charge in [0.2, 0.25) is 0 Å². The van der Waals surface area contributed by atoms with E-state index in [2.05, 4.69) is 35.6 Å². The maximum Gasteiger partial charge on any atom is 0.0410 e. The third kappa shape index (κ3) is 3.40. The Morgan fingerprint density at radius 3 is 2.61 bits per heavy atom. The fourth-order valence-electron chi connectivity index (χ4n) is 2.98. The predicted octanol–water partition coefficient (Wildman–Crippen LogP) is 5.16. The number of hydrogen-bond donors (Lipinski definition) is 1. The van der Waals surface area contributed by atoms with Crippen molar-refractivity contribution >= 4 is 34.2 Å². The molecule has 1 aromatic rings. The molecule has 3 heteroatoms. The van der Waals surface area contributed by atoms with Crippen LogP contribution >= 0.6 is 34.2 Å². The summed E-state index contributed by atoms with van der Waals surface area (Å²) >= 11 is 8.45. The zero-order valence-corrected chi connectivity index (χ0v) is 13.7. The first kappa shape index (κ1) is 14.6. The molecule has 0 aromatic heterocycles. The van der Waals surface area contributed by atoms with Gasteiger partial charge < -0.3 is 5.73 Å². The third-order valence-electron chi connectivity index (χ3n) is 4.29. The Hall–Kier alpha value is 0.200. The maximum absolute atomic E-state index is 6.46. The Morgan fingerprint density at radius 1 is 1.33 bits per heavy atom. The van der Waals surface area contributed by atoms with Gasteiger partial charge in [-0.1, -0.05) is 37.8 Å². The van der Waals surface area contributed by atoms with Crippen molar-refractivity contribution in [2.45, 2.75) is 45.1 Å². The zero-order valence-electron chi connectivity index (χ0n) is 10.8. The SMILES string of the molecule is CCC1CCC(C(N)c2cc(Cl)ccc2I)CC1. The molecule has 2 N–H and O–H groups in total. The molecule has 1 aromatic carbocycles. The van der Waals surface area contributed by atoms with Gasteiger partial charge in [-0.15, -0.1) is 0 Å². The quantitative estimate of drug-likeness (QED) is 0.723. The highest BCUT2D eigenvalue weighted by atomic mass is 127. The molecule has 0 bridgehead atoms. The van der Waals surface area contributed by atoms with E-state index in [1.807, 2.05) is 12.1 Å². The molecule has 1 aliphatic carbocycles. The molecule has 1 aliphatic rings. The summed E-state index contributed by atoms with van der Waals surface area (Å²) in [5.74, 6) is 1.55. The largest absolute Gasteiger partial charge is 0.324 e. The standard InChI is InChI=1S/C15H21ClIN/c1-2-10-3-5-11(6-4-10)15(18)13-9-12(16)7-8-14(13)17/h7-11,15H,2-6,18H2,1H3. The van der Waals surface area contributed by atoms with Crippen molar-refractivity contribution in [2.75, 3.05) is 0 Å². The highest BCUT2D eigenvalue weighted by Crippen LogP contribution is 2.38. The molecular weight excluding hydrogens is 357 g/mol. The molecule has 1 unspecified atom stereocenters. The summed E-state index contributed by atoms with van der Waals surface area (Å²) in [4.78, 5) is 0. The minimum atomic E-state index is 0.147. The average Bonchev–Trinajstić information content (AvgIpc) is 2.41. The Morgan fingerprint density at radius 2 is 2.00 bits per heavy atom. The van der Waals surface area contributed by atoms with Gasteiger partial charge in [0.25, 0.3) is 0 Å². The number of rotatable bonds is 3. The Bertz CT molecular complexity index is 399. The second-order valence-electron chi connectivity index (χ2n) is 5.38. The van der Waals surface area contributed by atoms with Gasteiger partial charge in [-0.3, -0.25) is 0 Å². The second-order valence-corrected chi connectivity index (χ2v) is 6.98. The molecular formula is C15H21ClIN. The van der Waals surface area contributed by atoms with Crippen molar-refractivity contribution in [1.82, 2.24) is 0 Å². The molecule has 2 rings (SSSR count). The van der Waals surface area contributed by atoms with Gasteiger partial charge >= 0.3 is 0 Å². The molecule has 0 heterocycles. The molecule has 100 valence electrons. The highest BCUT2D eigenvalue weighted by Gasteiger charge is 2.26. The average molecular weight is 378 g/mol. The van der Waals surface area contributed by atoms with Crippen LogP contribution in [0, 0.1) is 15.4 Å². The van der Waals surface area contributed by atoms with Crippen molar-refractivity contribution in [1.29, 1.82) is 0 Å².